The van der Waals surface area contributed by atoms with Crippen molar-refractivity contribution in [3.05, 3.63) is 29.8 Å². The van der Waals surface area contributed by atoms with Crippen LogP contribution in [0.2, 0.25) is 0 Å². The Balaban J connectivity index is 2.49. The van der Waals surface area contributed by atoms with Gasteiger partial charge in [0.15, 0.2) is 5.11 Å². The summed E-state index contributed by atoms with van der Waals surface area (Å²) in [5.74, 6) is -3.17. The van der Waals surface area contributed by atoms with E-state index in [0.29, 0.717) is 5.56 Å². The molecule has 1 aliphatic rings. The minimum atomic E-state index is -5.16. The molecule has 0 amide bonds. The molecule has 0 unspecified atom stereocenters. The van der Waals surface area contributed by atoms with Gasteiger partial charge in [0.05, 0.1) is 12.6 Å². The van der Waals surface area contributed by atoms with Crippen LogP contribution < -0.4 is 15.5 Å². The van der Waals surface area contributed by atoms with Gasteiger partial charge in [-0.05, 0) is 50.7 Å². The molecule has 1 heterocycles. The van der Waals surface area contributed by atoms with Crippen LogP contribution in [-0.2, 0) is 9.53 Å². The predicted molar refractivity (Wildman–Crippen MR) is 103 cm³/mol. The van der Waals surface area contributed by atoms with Gasteiger partial charge in [-0.1, -0.05) is 12.1 Å². The van der Waals surface area contributed by atoms with E-state index in [2.05, 4.69) is 10.2 Å². The smallest absolute Gasteiger partial charge is 0.437 e. The number of nitrogens with one attached hydrogen (secondary N) is 2. The predicted octanol–water partition coefficient (Wildman–Crippen LogP) is 2.48. The lowest BCUT2D eigenvalue weighted by Crippen LogP contribution is -2.73. The van der Waals surface area contributed by atoms with E-state index >= 15 is 0 Å². The number of benzene rings is 1. The number of carbonyl (C=O) groups excluding carboxylic acids is 1. The van der Waals surface area contributed by atoms with E-state index in [1.165, 1.54) is 6.92 Å². The van der Waals surface area contributed by atoms with Crippen LogP contribution >= 0.6 is 12.2 Å². The standard InChI is InChI=1S/C18H24F3N3O3S/c1-4-24(5-2)12-9-7-11(8-10-12)14-13(15(25)27-6-3)17(26,18(19,20)21)23-16(28)22-14/h7-10,13-14,26H,4-6H2,1-3H3,(H2,22,23,28)/t13-,14-,17+/m1/s1. The summed E-state index contributed by atoms with van der Waals surface area (Å²) in [6.45, 7) is 6.87. The van der Waals surface area contributed by atoms with Gasteiger partial charge in [0.2, 0.25) is 0 Å². The normalized spacial score (nSPS) is 24.9. The number of ether oxygens (including phenoxy) is 1. The molecule has 0 saturated carbocycles. The van der Waals surface area contributed by atoms with Crippen molar-refractivity contribution in [3.8, 4) is 0 Å². The first kappa shape index (κ1) is 22.2. The summed E-state index contributed by atoms with van der Waals surface area (Å²) in [4.78, 5) is 14.5. The van der Waals surface area contributed by atoms with Gasteiger partial charge in [0.25, 0.3) is 5.72 Å². The number of alkyl halides is 3. The quantitative estimate of drug-likeness (QED) is 0.483. The maximum absolute atomic E-state index is 13.7. The van der Waals surface area contributed by atoms with E-state index in [4.69, 9.17) is 17.0 Å². The highest BCUT2D eigenvalue weighted by Gasteiger charge is 2.66. The molecule has 1 saturated heterocycles. The number of esters is 1. The Morgan fingerprint density at radius 1 is 1.25 bits per heavy atom. The number of aliphatic hydroxyl groups is 1. The Hall–Kier alpha value is -2.07. The van der Waals surface area contributed by atoms with Gasteiger partial charge in [-0.2, -0.15) is 13.2 Å². The van der Waals surface area contributed by atoms with Crippen molar-refractivity contribution in [1.82, 2.24) is 10.6 Å². The minimum Gasteiger partial charge on any atom is -0.466 e. The molecule has 2 rings (SSSR count). The molecule has 0 spiro atoms. The molecule has 10 heteroatoms. The summed E-state index contributed by atoms with van der Waals surface area (Å²) >= 11 is 4.87. The van der Waals surface area contributed by atoms with Gasteiger partial charge in [-0.15, -0.1) is 0 Å². The fraction of sp³-hybridized carbons (Fsp3) is 0.556. The molecule has 0 radical (unpaired) electrons. The molecule has 1 fully saturated rings. The first-order valence-corrected chi connectivity index (χ1v) is 9.39. The van der Waals surface area contributed by atoms with Crippen LogP contribution in [0, 0.1) is 5.92 Å². The second-order valence-corrected chi connectivity index (χ2v) is 6.74. The maximum atomic E-state index is 13.7. The van der Waals surface area contributed by atoms with E-state index in [9.17, 15) is 23.1 Å². The summed E-state index contributed by atoms with van der Waals surface area (Å²) in [7, 11) is 0. The van der Waals surface area contributed by atoms with Crippen LogP contribution in [0.1, 0.15) is 32.4 Å². The van der Waals surface area contributed by atoms with Gasteiger partial charge in [0.1, 0.15) is 5.92 Å². The topological polar surface area (TPSA) is 73.8 Å². The van der Waals surface area contributed by atoms with E-state index in [1.54, 1.807) is 24.3 Å². The Labute approximate surface area is 167 Å². The SMILES string of the molecule is CCOC(=O)[C@H]1[C@@H](c2ccc(N(CC)CC)cc2)NC(=S)N[C@@]1(O)C(F)(F)F. The third-order valence-electron chi connectivity index (χ3n) is 4.73. The molecule has 28 heavy (non-hydrogen) atoms. The molecule has 156 valence electrons. The lowest BCUT2D eigenvalue weighted by molar-refractivity contribution is -0.292. The zero-order valence-corrected chi connectivity index (χ0v) is 16.7. The van der Waals surface area contributed by atoms with E-state index in [-0.39, 0.29) is 6.61 Å². The van der Waals surface area contributed by atoms with E-state index < -0.39 is 34.9 Å². The summed E-state index contributed by atoms with van der Waals surface area (Å²) in [6, 6.07) is 5.52. The van der Waals surface area contributed by atoms with Crippen LogP contribution in [0.15, 0.2) is 24.3 Å². The fourth-order valence-electron chi connectivity index (χ4n) is 3.30. The molecule has 3 N–H and O–H groups in total. The molecule has 0 aromatic heterocycles. The number of thiocarbonyl (C=S) groups is 1. The molecule has 6 nitrogen and oxygen atoms in total. The molecule has 3 atom stereocenters. The third-order valence-corrected chi connectivity index (χ3v) is 4.95. The number of carbonyl (C=O) groups is 1. The molecule has 0 bridgehead atoms. The molecular formula is C18H24F3N3O3S. The summed E-state index contributed by atoms with van der Waals surface area (Å²) in [5.41, 5.74) is -2.28. The van der Waals surface area contributed by atoms with Crippen LogP contribution in [-0.4, -0.2) is 47.8 Å². The maximum Gasteiger partial charge on any atom is 0.437 e. The fourth-order valence-corrected chi connectivity index (χ4v) is 3.58. The third kappa shape index (κ3) is 4.17. The van der Waals surface area contributed by atoms with Gasteiger partial charge in [0, 0.05) is 18.8 Å². The minimum absolute atomic E-state index is 0.124. The Morgan fingerprint density at radius 3 is 2.29 bits per heavy atom. The monoisotopic (exact) mass is 419 g/mol. The molecule has 1 aromatic carbocycles. The number of hydrogen-bond donors (Lipinski definition) is 3. The lowest BCUT2D eigenvalue weighted by atomic mass is 9.82. The van der Waals surface area contributed by atoms with Crippen molar-refractivity contribution in [3.63, 3.8) is 0 Å². The van der Waals surface area contributed by atoms with Gasteiger partial charge in [-0.3, -0.25) is 4.79 Å². The lowest BCUT2D eigenvalue weighted by Gasteiger charge is -2.45. The average Bonchev–Trinajstić information content (AvgIpc) is 2.62. The summed E-state index contributed by atoms with van der Waals surface area (Å²) in [5, 5.41) is 14.5. The highest BCUT2D eigenvalue weighted by Crippen LogP contribution is 2.43. The van der Waals surface area contributed by atoms with Crippen molar-refractivity contribution in [2.45, 2.75) is 38.7 Å². The van der Waals surface area contributed by atoms with Crippen LogP contribution in [0.3, 0.4) is 0 Å². The molecule has 0 aliphatic carbocycles. The van der Waals surface area contributed by atoms with Crippen molar-refractivity contribution in [1.29, 1.82) is 0 Å². The van der Waals surface area contributed by atoms with Crippen LogP contribution in [0.4, 0.5) is 18.9 Å². The summed E-state index contributed by atoms with van der Waals surface area (Å²) in [6.07, 6.45) is -5.16. The number of nitrogens with zero attached hydrogens (tertiary/aromatic N) is 1. The molecule has 1 aromatic rings. The van der Waals surface area contributed by atoms with E-state index in [1.807, 2.05) is 19.2 Å². The van der Waals surface area contributed by atoms with Crippen molar-refractivity contribution >= 4 is 29.0 Å². The second kappa shape index (κ2) is 8.52. The van der Waals surface area contributed by atoms with E-state index in [0.717, 1.165) is 18.8 Å². The number of rotatable bonds is 6. The number of hydrogen-bond acceptors (Lipinski definition) is 5. The van der Waals surface area contributed by atoms with Gasteiger partial charge >= 0.3 is 12.1 Å². The first-order chi connectivity index (χ1) is 13.1. The highest BCUT2D eigenvalue weighted by atomic mass is 32.1. The number of halogens is 3. The van der Waals surface area contributed by atoms with Crippen molar-refractivity contribution in [2.24, 2.45) is 5.92 Å². The largest absolute Gasteiger partial charge is 0.466 e. The zero-order valence-electron chi connectivity index (χ0n) is 15.8. The molecular weight excluding hydrogens is 395 g/mol. The summed E-state index contributed by atoms with van der Waals surface area (Å²) < 4.78 is 45.9. The second-order valence-electron chi connectivity index (χ2n) is 6.33. The van der Waals surface area contributed by atoms with Crippen LogP contribution in [0.5, 0.6) is 0 Å². The van der Waals surface area contributed by atoms with Crippen molar-refractivity contribution in [2.75, 3.05) is 24.6 Å². The average molecular weight is 419 g/mol. The Bertz CT molecular complexity index is 710. The zero-order chi connectivity index (χ0) is 21.1. The van der Waals surface area contributed by atoms with Gasteiger partial charge < -0.3 is 25.4 Å². The highest BCUT2D eigenvalue weighted by molar-refractivity contribution is 7.80. The van der Waals surface area contributed by atoms with Crippen LogP contribution in [0.25, 0.3) is 0 Å². The van der Waals surface area contributed by atoms with Crippen molar-refractivity contribution < 1.29 is 27.8 Å². The number of anilines is 1. The first-order valence-electron chi connectivity index (χ1n) is 8.98. The van der Waals surface area contributed by atoms with Gasteiger partial charge in [-0.25, -0.2) is 0 Å². The Kier molecular flexibility index (Phi) is 6.76. The Morgan fingerprint density at radius 2 is 1.82 bits per heavy atom. The molecule has 1 aliphatic heterocycles.